The third-order valence-electron chi connectivity index (χ3n) is 4.78. The monoisotopic (exact) mass is 343 g/mol. The van der Waals surface area contributed by atoms with E-state index in [2.05, 4.69) is 48.6 Å². The molecule has 0 bridgehead atoms. The van der Waals surface area contributed by atoms with Crippen LogP contribution in [-0.4, -0.2) is 12.5 Å². The number of ether oxygens (including phenoxy) is 1. The predicted octanol–water partition coefficient (Wildman–Crippen LogP) is 4.84. The summed E-state index contributed by atoms with van der Waals surface area (Å²) in [6, 6.07) is 22.4. The van der Waals surface area contributed by atoms with Crippen molar-refractivity contribution in [2.75, 3.05) is 11.9 Å². The molecule has 0 saturated carbocycles. The van der Waals surface area contributed by atoms with Crippen molar-refractivity contribution in [3.8, 4) is 16.9 Å². The molecule has 0 atom stereocenters. The molecule has 1 amide bonds. The normalized spacial score (nSPS) is 11.6. The molecule has 3 nitrogen and oxygen atoms in total. The molecule has 3 aromatic carbocycles. The molecule has 0 spiro atoms. The second-order valence-corrected chi connectivity index (χ2v) is 6.54. The van der Waals surface area contributed by atoms with E-state index in [9.17, 15) is 4.79 Å². The van der Waals surface area contributed by atoms with Crippen LogP contribution in [0.25, 0.3) is 11.1 Å². The zero-order valence-corrected chi connectivity index (χ0v) is 14.8. The molecule has 3 aromatic rings. The Labute approximate surface area is 153 Å². The van der Waals surface area contributed by atoms with Crippen molar-refractivity contribution in [3.05, 3.63) is 83.4 Å². The van der Waals surface area contributed by atoms with Crippen molar-refractivity contribution in [2.45, 2.75) is 19.8 Å². The number of fused-ring (bicyclic) bond motifs is 3. The van der Waals surface area contributed by atoms with E-state index >= 15 is 0 Å². The standard InChI is InChI=1S/C23H21NO2/c1-2-16-7-10-20(11-8-16)26-15-23(25)24-19-9-12-22-18(14-19)13-17-5-3-4-6-21(17)22/h3-12,14H,2,13,15H2,1H3,(H,24,25). The molecule has 1 N–H and O–H groups in total. The topological polar surface area (TPSA) is 38.3 Å². The summed E-state index contributed by atoms with van der Waals surface area (Å²) in [7, 11) is 0. The van der Waals surface area contributed by atoms with E-state index in [0.29, 0.717) is 5.75 Å². The number of aryl methyl sites for hydroxylation is 1. The fourth-order valence-electron chi connectivity index (χ4n) is 3.39. The summed E-state index contributed by atoms with van der Waals surface area (Å²) in [4.78, 5) is 12.2. The Morgan fingerprint density at radius 1 is 0.962 bits per heavy atom. The van der Waals surface area contributed by atoms with E-state index in [-0.39, 0.29) is 12.5 Å². The Bertz CT molecular complexity index is 945. The van der Waals surface area contributed by atoms with E-state index in [1.54, 1.807) is 0 Å². The molecule has 0 radical (unpaired) electrons. The third kappa shape index (κ3) is 3.33. The minimum Gasteiger partial charge on any atom is -0.484 e. The van der Waals surface area contributed by atoms with E-state index in [0.717, 1.165) is 18.5 Å². The number of rotatable bonds is 5. The fraction of sp³-hybridized carbons (Fsp3) is 0.174. The zero-order valence-electron chi connectivity index (χ0n) is 14.8. The lowest BCUT2D eigenvalue weighted by Gasteiger charge is -2.09. The molecule has 0 fully saturated rings. The van der Waals surface area contributed by atoms with Crippen molar-refractivity contribution >= 4 is 11.6 Å². The van der Waals surface area contributed by atoms with Crippen LogP contribution in [0.15, 0.2) is 66.7 Å². The highest BCUT2D eigenvalue weighted by molar-refractivity contribution is 5.92. The van der Waals surface area contributed by atoms with Crippen molar-refractivity contribution in [3.63, 3.8) is 0 Å². The number of benzene rings is 3. The molecule has 0 unspecified atom stereocenters. The van der Waals surface area contributed by atoms with Gasteiger partial charge in [-0.3, -0.25) is 4.79 Å². The average Bonchev–Trinajstić information content (AvgIpc) is 3.04. The van der Waals surface area contributed by atoms with Crippen LogP contribution in [0, 0.1) is 0 Å². The Balaban J connectivity index is 1.38. The molecule has 1 aliphatic carbocycles. The fourth-order valence-corrected chi connectivity index (χ4v) is 3.39. The smallest absolute Gasteiger partial charge is 0.262 e. The molecular formula is C23H21NO2. The lowest BCUT2D eigenvalue weighted by atomic mass is 10.1. The van der Waals surface area contributed by atoms with Crippen LogP contribution in [0.2, 0.25) is 0 Å². The Morgan fingerprint density at radius 2 is 1.73 bits per heavy atom. The van der Waals surface area contributed by atoms with Crippen molar-refractivity contribution in [1.29, 1.82) is 0 Å². The van der Waals surface area contributed by atoms with Gasteiger partial charge < -0.3 is 10.1 Å². The second kappa shape index (κ2) is 7.04. The maximum atomic E-state index is 12.2. The van der Waals surface area contributed by atoms with Gasteiger partial charge in [0.2, 0.25) is 0 Å². The molecule has 26 heavy (non-hydrogen) atoms. The van der Waals surface area contributed by atoms with Gasteiger partial charge in [0.25, 0.3) is 5.91 Å². The van der Waals surface area contributed by atoms with Crippen LogP contribution in [-0.2, 0) is 17.6 Å². The first-order valence-corrected chi connectivity index (χ1v) is 8.95. The number of hydrogen-bond donors (Lipinski definition) is 1. The number of nitrogens with one attached hydrogen (secondary N) is 1. The van der Waals surface area contributed by atoms with Gasteiger partial charge in [-0.15, -0.1) is 0 Å². The van der Waals surface area contributed by atoms with Gasteiger partial charge in [-0.05, 0) is 64.9 Å². The SMILES string of the molecule is CCc1ccc(OCC(=O)Nc2ccc3c(c2)Cc2ccccc2-3)cc1. The predicted molar refractivity (Wildman–Crippen MR) is 105 cm³/mol. The molecule has 0 aromatic heterocycles. The van der Waals surface area contributed by atoms with E-state index in [1.807, 2.05) is 30.3 Å². The van der Waals surface area contributed by atoms with Crippen molar-refractivity contribution in [2.24, 2.45) is 0 Å². The Hall–Kier alpha value is -3.07. The Kier molecular flexibility index (Phi) is 4.44. The van der Waals surface area contributed by atoms with Crippen LogP contribution in [0.4, 0.5) is 5.69 Å². The first-order valence-electron chi connectivity index (χ1n) is 8.95. The van der Waals surface area contributed by atoms with Gasteiger partial charge >= 0.3 is 0 Å². The first kappa shape index (κ1) is 16.4. The third-order valence-corrected chi connectivity index (χ3v) is 4.78. The van der Waals surface area contributed by atoms with E-state index < -0.39 is 0 Å². The number of carbonyl (C=O) groups is 1. The zero-order chi connectivity index (χ0) is 17.9. The molecule has 0 heterocycles. The van der Waals surface area contributed by atoms with E-state index in [1.165, 1.54) is 27.8 Å². The van der Waals surface area contributed by atoms with Gasteiger partial charge in [0.15, 0.2) is 6.61 Å². The van der Waals surface area contributed by atoms with Gasteiger partial charge in [-0.1, -0.05) is 49.4 Å². The number of amides is 1. The summed E-state index contributed by atoms with van der Waals surface area (Å²) in [6.45, 7) is 2.11. The van der Waals surface area contributed by atoms with Crippen LogP contribution in [0.1, 0.15) is 23.6 Å². The maximum absolute atomic E-state index is 12.2. The van der Waals surface area contributed by atoms with Gasteiger partial charge in [-0.2, -0.15) is 0 Å². The summed E-state index contributed by atoms with van der Waals surface area (Å²) in [6.07, 6.45) is 1.90. The number of anilines is 1. The lowest BCUT2D eigenvalue weighted by Crippen LogP contribution is -2.20. The van der Waals surface area contributed by atoms with Crippen molar-refractivity contribution < 1.29 is 9.53 Å². The van der Waals surface area contributed by atoms with Gasteiger partial charge in [0.05, 0.1) is 0 Å². The summed E-state index contributed by atoms with van der Waals surface area (Å²) in [5.74, 6) is 0.557. The maximum Gasteiger partial charge on any atom is 0.262 e. The first-order chi connectivity index (χ1) is 12.7. The Morgan fingerprint density at radius 3 is 2.54 bits per heavy atom. The summed E-state index contributed by atoms with van der Waals surface area (Å²) >= 11 is 0. The van der Waals surface area contributed by atoms with Gasteiger partial charge in [0, 0.05) is 5.69 Å². The summed E-state index contributed by atoms with van der Waals surface area (Å²) in [5, 5.41) is 2.93. The van der Waals surface area contributed by atoms with Crippen LogP contribution in [0.3, 0.4) is 0 Å². The lowest BCUT2D eigenvalue weighted by molar-refractivity contribution is -0.118. The largest absolute Gasteiger partial charge is 0.484 e. The van der Waals surface area contributed by atoms with Gasteiger partial charge in [0.1, 0.15) is 5.75 Å². The molecule has 130 valence electrons. The summed E-state index contributed by atoms with van der Waals surface area (Å²) < 4.78 is 5.57. The highest BCUT2D eigenvalue weighted by atomic mass is 16.5. The van der Waals surface area contributed by atoms with Crippen LogP contribution in [0.5, 0.6) is 5.75 Å². The minimum absolute atomic E-state index is 0.00276. The molecular weight excluding hydrogens is 322 g/mol. The molecule has 3 heteroatoms. The molecule has 0 aliphatic heterocycles. The number of carbonyl (C=O) groups excluding carboxylic acids is 1. The van der Waals surface area contributed by atoms with Crippen LogP contribution < -0.4 is 10.1 Å². The van der Waals surface area contributed by atoms with E-state index in [4.69, 9.17) is 4.74 Å². The molecule has 0 saturated heterocycles. The summed E-state index contributed by atoms with van der Waals surface area (Å²) in [5.41, 5.74) is 7.20. The van der Waals surface area contributed by atoms with Crippen molar-refractivity contribution in [1.82, 2.24) is 0 Å². The highest BCUT2D eigenvalue weighted by Crippen LogP contribution is 2.37. The van der Waals surface area contributed by atoms with Crippen LogP contribution >= 0.6 is 0 Å². The highest BCUT2D eigenvalue weighted by Gasteiger charge is 2.18. The number of hydrogen-bond acceptors (Lipinski definition) is 2. The molecule has 4 rings (SSSR count). The van der Waals surface area contributed by atoms with Gasteiger partial charge in [-0.25, -0.2) is 0 Å². The minimum atomic E-state index is -0.153. The quantitative estimate of drug-likeness (QED) is 0.563. The second-order valence-electron chi connectivity index (χ2n) is 6.54. The molecule has 1 aliphatic rings. The average molecular weight is 343 g/mol.